The van der Waals surface area contributed by atoms with E-state index in [0.717, 1.165) is 18.8 Å². The molecule has 17 heavy (non-hydrogen) atoms. The Morgan fingerprint density at radius 2 is 2.00 bits per heavy atom. The van der Waals surface area contributed by atoms with E-state index >= 15 is 0 Å². The van der Waals surface area contributed by atoms with E-state index in [1.54, 1.807) is 0 Å². The van der Waals surface area contributed by atoms with Crippen molar-refractivity contribution in [1.82, 2.24) is 10.7 Å². The number of nitrogens with one attached hydrogen (secondary N) is 2. The number of aliphatic imine (C=N–C) groups is 1. The fourth-order valence-electron chi connectivity index (χ4n) is 3.29. The molecule has 4 N–H and O–H groups in total. The molecule has 96 valence electrons. The molecule has 2 bridgehead atoms. The number of guanidine groups is 1. The predicted octanol–water partition coefficient (Wildman–Crippen LogP) is 0.658. The predicted molar refractivity (Wildman–Crippen MR) is 66.4 cm³/mol. The van der Waals surface area contributed by atoms with Crippen molar-refractivity contribution in [2.45, 2.75) is 69.2 Å². The monoisotopic (exact) mass is 238 g/mol. The zero-order valence-corrected chi connectivity index (χ0v) is 10.2. The number of fused-ring (bicyclic) bond motifs is 2. The van der Waals surface area contributed by atoms with Crippen LogP contribution in [-0.4, -0.2) is 30.3 Å². The Balaban J connectivity index is 1.59. The van der Waals surface area contributed by atoms with Crippen LogP contribution in [0.25, 0.3) is 0 Å². The van der Waals surface area contributed by atoms with Gasteiger partial charge in [-0.25, -0.2) is 10.8 Å². The Bertz CT molecular complexity index is 301. The third-order valence-electron chi connectivity index (χ3n) is 4.20. The van der Waals surface area contributed by atoms with Crippen LogP contribution >= 0.6 is 0 Å². The van der Waals surface area contributed by atoms with Crippen LogP contribution in [0.3, 0.4) is 0 Å². The van der Waals surface area contributed by atoms with Gasteiger partial charge in [0.05, 0.1) is 18.2 Å². The first-order valence-corrected chi connectivity index (χ1v) is 6.81. The number of nitrogens with zero attached hydrogens (tertiary/aromatic N) is 1. The van der Waals surface area contributed by atoms with Gasteiger partial charge in [0.2, 0.25) is 5.96 Å². The largest absolute Gasteiger partial charge is 0.373 e. The van der Waals surface area contributed by atoms with Crippen molar-refractivity contribution in [1.29, 1.82) is 0 Å². The first kappa shape index (κ1) is 11.3. The molecule has 0 amide bonds. The molecule has 3 rings (SSSR count). The normalized spacial score (nSPS) is 37.7. The smallest absolute Gasteiger partial charge is 0.206 e. The Labute approximate surface area is 102 Å². The summed E-state index contributed by atoms with van der Waals surface area (Å²) in [6.07, 6.45) is 9.27. The zero-order valence-electron chi connectivity index (χ0n) is 10.2. The zero-order chi connectivity index (χ0) is 11.7. The first-order chi connectivity index (χ1) is 8.35. The molecule has 5 heteroatoms. The van der Waals surface area contributed by atoms with Crippen LogP contribution < -0.4 is 16.6 Å². The number of hydrogen-bond acceptors (Lipinski definition) is 3. The lowest BCUT2D eigenvalue weighted by Crippen LogP contribution is -2.46. The maximum atomic E-state index is 5.80. The van der Waals surface area contributed by atoms with Gasteiger partial charge in [-0.3, -0.25) is 5.43 Å². The van der Waals surface area contributed by atoms with Crippen molar-refractivity contribution in [2.24, 2.45) is 10.8 Å². The molecule has 0 aromatic rings. The van der Waals surface area contributed by atoms with Gasteiger partial charge in [-0.1, -0.05) is 12.8 Å². The van der Waals surface area contributed by atoms with Crippen molar-refractivity contribution in [3.8, 4) is 0 Å². The van der Waals surface area contributed by atoms with Gasteiger partial charge in [-0.2, -0.15) is 0 Å². The van der Waals surface area contributed by atoms with Crippen molar-refractivity contribution in [2.75, 3.05) is 0 Å². The number of rotatable bonds is 2. The van der Waals surface area contributed by atoms with E-state index in [0.29, 0.717) is 24.3 Å². The maximum absolute atomic E-state index is 5.80. The lowest BCUT2D eigenvalue weighted by atomic mass is 9.96. The average molecular weight is 238 g/mol. The highest BCUT2D eigenvalue weighted by Crippen LogP contribution is 2.36. The second-order valence-corrected chi connectivity index (χ2v) is 5.42. The van der Waals surface area contributed by atoms with Crippen molar-refractivity contribution in [3.05, 3.63) is 0 Å². The lowest BCUT2D eigenvalue weighted by molar-refractivity contribution is 0.101. The highest BCUT2D eigenvalue weighted by Gasteiger charge is 2.40. The Hall–Kier alpha value is -0.810. The van der Waals surface area contributed by atoms with Crippen LogP contribution in [0.1, 0.15) is 44.9 Å². The van der Waals surface area contributed by atoms with Gasteiger partial charge in [-0.15, -0.1) is 0 Å². The molecule has 3 atom stereocenters. The fourth-order valence-corrected chi connectivity index (χ4v) is 3.29. The van der Waals surface area contributed by atoms with E-state index in [4.69, 9.17) is 10.6 Å². The number of hydrogen-bond donors (Lipinski definition) is 3. The number of ether oxygens (including phenoxy) is 1. The summed E-state index contributed by atoms with van der Waals surface area (Å²) in [5, 5.41) is 3.41. The summed E-state index contributed by atoms with van der Waals surface area (Å²) in [6, 6.07) is 0.845. The molecule has 5 nitrogen and oxygen atoms in total. The van der Waals surface area contributed by atoms with E-state index in [1.807, 2.05) is 0 Å². The van der Waals surface area contributed by atoms with Gasteiger partial charge < -0.3 is 10.1 Å². The number of hydrazine groups is 1. The van der Waals surface area contributed by atoms with Gasteiger partial charge >= 0.3 is 0 Å². The van der Waals surface area contributed by atoms with Crippen LogP contribution in [0.15, 0.2) is 4.99 Å². The molecule has 0 radical (unpaired) electrons. The summed E-state index contributed by atoms with van der Waals surface area (Å²) < 4.78 is 5.80. The summed E-state index contributed by atoms with van der Waals surface area (Å²) in [4.78, 5) is 4.68. The Morgan fingerprint density at radius 3 is 2.59 bits per heavy atom. The Morgan fingerprint density at radius 1 is 1.18 bits per heavy atom. The topological polar surface area (TPSA) is 71.7 Å². The standard InChI is InChI=1S/C12H22N4O/c13-16-12(14-8-3-1-2-4-8)15-10-7-9-5-6-11(10)17-9/h8-11H,1-7,13H2,(H2,14,15,16). The summed E-state index contributed by atoms with van der Waals surface area (Å²) in [5.41, 5.74) is 2.70. The van der Waals surface area contributed by atoms with Crippen LogP contribution in [0, 0.1) is 0 Å². The first-order valence-electron chi connectivity index (χ1n) is 6.81. The third-order valence-corrected chi connectivity index (χ3v) is 4.20. The minimum Gasteiger partial charge on any atom is -0.373 e. The molecule has 3 aliphatic rings. The van der Waals surface area contributed by atoms with Gasteiger partial charge in [0.15, 0.2) is 0 Å². The SMILES string of the molecule is NNC(=NC1CC2CCC1O2)NC1CCCC1. The number of nitrogens with two attached hydrogens (primary N) is 1. The maximum Gasteiger partial charge on any atom is 0.206 e. The van der Waals surface area contributed by atoms with Gasteiger partial charge in [0, 0.05) is 6.04 Å². The summed E-state index contributed by atoms with van der Waals surface area (Å²) >= 11 is 0. The molecule has 3 fully saturated rings. The summed E-state index contributed by atoms with van der Waals surface area (Å²) in [5.74, 6) is 6.29. The third kappa shape index (κ3) is 2.40. The van der Waals surface area contributed by atoms with Crippen LogP contribution in [0.2, 0.25) is 0 Å². The highest BCUT2D eigenvalue weighted by atomic mass is 16.5. The fraction of sp³-hybridized carbons (Fsp3) is 0.917. The summed E-state index contributed by atoms with van der Waals surface area (Å²) in [6.45, 7) is 0. The molecular weight excluding hydrogens is 216 g/mol. The lowest BCUT2D eigenvalue weighted by Gasteiger charge is -2.19. The van der Waals surface area contributed by atoms with Crippen molar-refractivity contribution in [3.63, 3.8) is 0 Å². The van der Waals surface area contributed by atoms with E-state index < -0.39 is 0 Å². The second kappa shape index (κ2) is 4.82. The average Bonchev–Trinajstić information content (AvgIpc) is 3.04. The second-order valence-electron chi connectivity index (χ2n) is 5.42. The van der Waals surface area contributed by atoms with Gasteiger partial charge in [0.1, 0.15) is 0 Å². The Kier molecular flexibility index (Phi) is 3.20. The molecule has 0 aromatic carbocycles. The quantitative estimate of drug-likeness (QED) is 0.286. The molecule has 2 heterocycles. The van der Waals surface area contributed by atoms with Gasteiger partial charge in [0.25, 0.3) is 0 Å². The van der Waals surface area contributed by atoms with Crippen LogP contribution in [0.4, 0.5) is 0 Å². The minimum absolute atomic E-state index is 0.300. The van der Waals surface area contributed by atoms with Crippen LogP contribution in [-0.2, 0) is 4.74 Å². The van der Waals surface area contributed by atoms with E-state index in [9.17, 15) is 0 Å². The molecule has 2 aliphatic heterocycles. The van der Waals surface area contributed by atoms with Crippen LogP contribution in [0.5, 0.6) is 0 Å². The highest BCUT2D eigenvalue weighted by molar-refractivity contribution is 5.79. The van der Waals surface area contributed by atoms with E-state index in [1.165, 1.54) is 32.1 Å². The van der Waals surface area contributed by atoms with Crippen molar-refractivity contribution < 1.29 is 4.74 Å². The molecule has 0 aromatic heterocycles. The molecule has 0 spiro atoms. The van der Waals surface area contributed by atoms with Gasteiger partial charge in [-0.05, 0) is 32.1 Å². The van der Waals surface area contributed by atoms with Crippen molar-refractivity contribution >= 4 is 5.96 Å². The molecule has 1 saturated carbocycles. The van der Waals surface area contributed by atoms with E-state index in [-0.39, 0.29) is 0 Å². The summed E-state index contributed by atoms with van der Waals surface area (Å²) in [7, 11) is 0. The molecule has 1 aliphatic carbocycles. The minimum atomic E-state index is 0.300. The molecule has 2 saturated heterocycles. The molecule has 3 unspecified atom stereocenters. The van der Waals surface area contributed by atoms with E-state index in [2.05, 4.69) is 15.7 Å². The molecular formula is C12H22N4O.